The summed E-state index contributed by atoms with van der Waals surface area (Å²) < 4.78 is 11.2. The number of furan rings is 1. The number of thioether (sulfide) groups is 1. The van der Waals surface area contributed by atoms with Gasteiger partial charge in [-0.15, -0.1) is 0 Å². The van der Waals surface area contributed by atoms with E-state index in [1.165, 1.54) is 11.8 Å². The maximum absolute atomic E-state index is 12.4. The van der Waals surface area contributed by atoms with Crippen LogP contribution in [0.15, 0.2) is 58.0 Å². The smallest absolute Gasteiger partial charge is 0.234 e. The minimum Gasteiger partial charge on any atom is -0.495 e. The van der Waals surface area contributed by atoms with E-state index in [4.69, 9.17) is 9.15 Å². The summed E-state index contributed by atoms with van der Waals surface area (Å²) in [7, 11) is 1.57. The van der Waals surface area contributed by atoms with Crippen LogP contribution >= 0.6 is 11.8 Å². The molecule has 0 bridgehead atoms. The zero-order valence-corrected chi connectivity index (χ0v) is 15.7. The summed E-state index contributed by atoms with van der Waals surface area (Å²) in [6, 6.07) is 15.0. The summed E-state index contributed by atoms with van der Waals surface area (Å²) in [6.07, 6.45) is 0. The van der Waals surface area contributed by atoms with Crippen molar-refractivity contribution in [1.82, 2.24) is 9.97 Å². The second-order valence-corrected chi connectivity index (χ2v) is 6.85. The van der Waals surface area contributed by atoms with Crippen molar-refractivity contribution in [3.8, 4) is 5.75 Å². The summed E-state index contributed by atoms with van der Waals surface area (Å²) in [5.41, 5.74) is 2.77. The number of carbonyl (C=O) groups excluding carboxylic acids is 1. The molecule has 0 saturated heterocycles. The number of hydrogen-bond acceptors (Lipinski definition) is 6. The molecule has 2 aromatic heterocycles. The number of hydrogen-bond donors (Lipinski definition) is 1. The Morgan fingerprint density at radius 3 is 2.78 bits per heavy atom. The number of rotatable bonds is 5. The topological polar surface area (TPSA) is 77.2 Å². The Hall–Kier alpha value is -3.06. The Balaban J connectivity index is 1.57. The lowest BCUT2D eigenvalue weighted by Gasteiger charge is -2.09. The van der Waals surface area contributed by atoms with Crippen LogP contribution in [-0.4, -0.2) is 28.7 Å². The SMILES string of the molecule is COc1ccccc1NC(=O)CSc1nc(C)nc2c1oc1ccccc12. The first-order valence-corrected chi connectivity index (χ1v) is 9.36. The number of nitrogens with zero attached hydrogens (tertiary/aromatic N) is 2. The maximum Gasteiger partial charge on any atom is 0.234 e. The summed E-state index contributed by atoms with van der Waals surface area (Å²) >= 11 is 1.32. The standard InChI is InChI=1S/C20H17N3O3S/c1-12-21-18-13-7-3-5-9-15(13)26-19(18)20(22-12)27-11-17(24)23-14-8-4-6-10-16(14)25-2/h3-10H,11H2,1-2H3,(H,23,24). The predicted octanol–water partition coefficient (Wildman–Crippen LogP) is 4.42. The number of methoxy groups -OCH3 is 1. The van der Waals surface area contributed by atoms with Gasteiger partial charge in [-0.1, -0.05) is 36.0 Å². The number of aryl methyl sites for hydroxylation is 1. The van der Waals surface area contributed by atoms with Crippen molar-refractivity contribution in [3.05, 3.63) is 54.4 Å². The first-order chi connectivity index (χ1) is 13.2. The van der Waals surface area contributed by atoms with Gasteiger partial charge in [0, 0.05) is 5.39 Å². The maximum atomic E-state index is 12.4. The Bertz CT molecular complexity index is 1140. The molecule has 0 fully saturated rings. The number of amides is 1. The molecule has 4 aromatic rings. The Morgan fingerprint density at radius 1 is 1.15 bits per heavy atom. The van der Waals surface area contributed by atoms with Gasteiger partial charge in [-0.25, -0.2) is 9.97 Å². The summed E-state index contributed by atoms with van der Waals surface area (Å²) in [6.45, 7) is 1.83. The molecule has 27 heavy (non-hydrogen) atoms. The number of fused-ring (bicyclic) bond motifs is 3. The third kappa shape index (κ3) is 3.46. The lowest BCUT2D eigenvalue weighted by Crippen LogP contribution is -2.14. The van der Waals surface area contributed by atoms with Gasteiger partial charge in [-0.2, -0.15) is 0 Å². The highest BCUT2D eigenvalue weighted by molar-refractivity contribution is 8.00. The number of carbonyl (C=O) groups is 1. The van der Waals surface area contributed by atoms with Gasteiger partial charge in [0.05, 0.1) is 18.6 Å². The van der Waals surface area contributed by atoms with Gasteiger partial charge >= 0.3 is 0 Å². The molecular formula is C20H17N3O3S. The lowest BCUT2D eigenvalue weighted by molar-refractivity contribution is -0.113. The molecule has 2 heterocycles. The average Bonchev–Trinajstić information content (AvgIpc) is 3.05. The Kier molecular flexibility index (Phi) is 4.68. The molecule has 0 radical (unpaired) electrons. The fourth-order valence-corrected chi connectivity index (χ4v) is 3.64. The van der Waals surface area contributed by atoms with Crippen molar-refractivity contribution in [3.63, 3.8) is 0 Å². The molecule has 0 aliphatic heterocycles. The number of benzene rings is 2. The van der Waals surface area contributed by atoms with E-state index in [0.29, 0.717) is 27.9 Å². The highest BCUT2D eigenvalue weighted by Gasteiger charge is 2.16. The molecule has 136 valence electrons. The second kappa shape index (κ2) is 7.28. The van der Waals surface area contributed by atoms with Crippen molar-refractivity contribution in [2.75, 3.05) is 18.2 Å². The molecule has 0 saturated carbocycles. The largest absolute Gasteiger partial charge is 0.495 e. The van der Waals surface area contributed by atoms with Gasteiger partial charge in [0.25, 0.3) is 0 Å². The molecule has 0 aliphatic rings. The summed E-state index contributed by atoms with van der Waals surface area (Å²) in [5, 5.41) is 4.46. The van der Waals surface area contributed by atoms with Gasteiger partial charge in [0.2, 0.25) is 5.91 Å². The number of ether oxygens (including phenoxy) is 1. The molecule has 1 N–H and O–H groups in total. The zero-order chi connectivity index (χ0) is 18.8. The molecule has 6 nitrogen and oxygen atoms in total. The van der Waals surface area contributed by atoms with E-state index in [-0.39, 0.29) is 11.7 Å². The van der Waals surface area contributed by atoms with Crippen LogP contribution in [0.5, 0.6) is 5.75 Å². The predicted molar refractivity (Wildman–Crippen MR) is 106 cm³/mol. The molecule has 0 aliphatic carbocycles. The Morgan fingerprint density at radius 2 is 1.93 bits per heavy atom. The van der Waals surface area contributed by atoms with Crippen molar-refractivity contribution in [2.45, 2.75) is 11.9 Å². The quantitative estimate of drug-likeness (QED) is 0.408. The fourth-order valence-electron chi connectivity index (χ4n) is 2.84. The highest BCUT2D eigenvalue weighted by atomic mass is 32.2. The fraction of sp³-hybridized carbons (Fsp3) is 0.150. The van der Waals surface area contributed by atoms with E-state index in [0.717, 1.165) is 16.5 Å². The van der Waals surface area contributed by atoms with E-state index in [1.807, 2.05) is 43.3 Å². The second-order valence-electron chi connectivity index (χ2n) is 5.89. The van der Waals surface area contributed by atoms with Gasteiger partial charge in [-0.05, 0) is 31.2 Å². The molecule has 0 spiro atoms. The average molecular weight is 379 g/mol. The monoisotopic (exact) mass is 379 g/mol. The minimum atomic E-state index is -0.148. The van der Waals surface area contributed by atoms with Gasteiger partial charge in [0.1, 0.15) is 27.7 Å². The molecule has 2 aromatic carbocycles. The molecular weight excluding hydrogens is 362 g/mol. The number of anilines is 1. The van der Waals surface area contributed by atoms with Crippen molar-refractivity contribution < 1.29 is 13.9 Å². The number of aromatic nitrogens is 2. The first-order valence-electron chi connectivity index (χ1n) is 8.37. The van der Waals surface area contributed by atoms with Crippen LogP contribution in [-0.2, 0) is 4.79 Å². The van der Waals surface area contributed by atoms with Crippen LogP contribution in [0.2, 0.25) is 0 Å². The summed E-state index contributed by atoms with van der Waals surface area (Å²) in [4.78, 5) is 21.4. The zero-order valence-electron chi connectivity index (χ0n) is 14.9. The molecule has 7 heteroatoms. The lowest BCUT2D eigenvalue weighted by atomic mass is 10.2. The summed E-state index contributed by atoms with van der Waals surface area (Å²) in [5.74, 6) is 1.31. The van der Waals surface area contributed by atoms with Gasteiger partial charge in [0.15, 0.2) is 5.58 Å². The van der Waals surface area contributed by atoms with Crippen LogP contribution in [0.1, 0.15) is 5.82 Å². The van der Waals surface area contributed by atoms with Crippen molar-refractivity contribution in [1.29, 1.82) is 0 Å². The number of nitrogens with one attached hydrogen (secondary N) is 1. The third-order valence-corrected chi connectivity index (χ3v) is 4.98. The third-order valence-electron chi connectivity index (χ3n) is 4.02. The van der Waals surface area contributed by atoms with Crippen LogP contribution in [0.25, 0.3) is 22.1 Å². The van der Waals surface area contributed by atoms with Crippen LogP contribution in [0.4, 0.5) is 5.69 Å². The van der Waals surface area contributed by atoms with E-state index >= 15 is 0 Å². The van der Waals surface area contributed by atoms with Gasteiger partial charge < -0.3 is 14.5 Å². The molecule has 4 rings (SSSR count). The minimum absolute atomic E-state index is 0.148. The Labute approximate surface area is 159 Å². The molecule has 1 amide bonds. The van der Waals surface area contributed by atoms with Crippen molar-refractivity contribution in [2.24, 2.45) is 0 Å². The van der Waals surface area contributed by atoms with E-state index < -0.39 is 0 Å². The van der Waals surface area contributed by atoms with E-state index in [9.17, 15) is 4.79 Å². The van der Waals surface area contributed by atoms with Crippen LogP contribution in [0.3, 0.4) is 0 Å². The molecule has 0 atom stereocenters. The molecule has 0 unspecified atom stereocenters. The van der Waals surface area contributed by atoms with E-state index in [1.54, 1.807) is 19.2 Å². The van der Waals surface area contributed by atoms with Crippen molar-refractivity contribution >= 4 is 45.4 Å². The van der Waals surface area contributed by atoms with E-state index in [2.05, 4.69) is 15.3 Å². The number of para-hydroxylation sites is 3. The van der Waals surface area contributed by atoms with Gasteiger partial charge in [-0.3, -0.25) is 4.79 Å². The normalized spacial score (nSPS) is 11.0. The van der Waals surface area contributed by atoms with Crippen LogP contribution < -0.4 is 10.1 Å². The highest BCUT2D eigenvalue weighted by Crippen LogP contribution is 2.33. The first kappa shape index (κ1) is 17.4. The van der Waals surface area contributed by atoms with Crippen LogP contribution in [0, 0.1) is 6.92 Å².